The fourth-order valence-electron chi connectivity index (χ4n) is 3.36. The third-order valence-corrected chi connectivity index (χ3v) is 4.73. The minimum absolute atomic E-state index is 0.321. The number of nitrogens with one attached hydrogen (secondary N) is 2. The number of aliphatic carboxylic acids is 1. The molecule has 3 N–H and O–H groups in total. The van der Waals surface area contributed by atoms with E-state index < -0.39 is 36.0 Å². The lowest BCUT2D eigenvalue weighted by Crippen LogP contribution is -2.50. The maximum atomic E-state index is 12.6. The molecule has 1 heterocycles. The topological polar surface area (TPSA) is 116 Å². The zero-order valence-electron chi connectivity index (χ0n) is 14.0. The summed E-state index contributed by atoms with van der Waals surface area (Å²) in [6.07, 6.45) is 5.74. The lowest BCUT2D eigenvalue weighted by atomic mass is 9.82. The number of carboxylic acid groups (broad SMARTS) is 1. The number of rotatable bonds is 7. The van der Waals surface area contributed by atoms with Crippen molar-refractivity contribution in [1.82, 2.24) is 15.5 Å². The number of carbonyl (C=O) groups is 4. The van der Waals surface area contributed by atoms with Gasteiger partial charge in [0.25, 0.3) is 5.91 Å². The summed E-state index contributed by atoms with van der Waals surface area (Å²) < 4.78 is 0. The van der Waals surface area contributed by atoms with Crippen LogP contribution in [0.2, 0.25) is 0 Å². The number of urea groups is 1. The predicted molar refractivity (Wildman–Crippen MR) is 85.2 cm³/mol. The molecule has 8 heteroatoms. The van der Waals surface area contributed by atoms with Crippen LogP contribution in [0.25, 0.3) is 0 Å². The van der Waals surface area contributed by atoms with Crippen LogP contribution in [0.15, 0.2) is 0 Å². The monoisotopic (exact) mass is 339 g/mol. The average Bonchev–Trinajstić information content (AvgIpc) is 2.76. The molecule has 0 aromatic heterocycles. The molecule has 0 aromatic rings. The Morgan fingerprint density at radius 2 is 1.96 bits per heavy atom. The summed E-state index contributed by atoms with van der Waals surface area (Å²) in [4.78, 5) is 48.8. The fourth-order valence-corrected chi connectivity index (χ4v) is 3.36. The zero-order chi connectivity index (χ0) is 17.7. The number of carbonyl (C=O) groups excluding carboxylic acids is 3. The van der Waals surface area contributed by atoms with Crippen LogP contribution in [-0.4, -0.2) is 51.9 Å². The van der Waals surface area contributed by atoms with Gasteiger partial charge in [-0.15, -0.1) is 0 Å². The van der Waals surface area contributed by atoms with Crippen LogP contribution in [-0.2, 0) is 14.4 Å². The van der Waals surface area contributed by atoms with Gasteiger partial charge in [0, 0.05) is 0 Å². The van der Waals surface area contributed by atoms with Crippen molar-refractivity contribution in [3.63, 3.8) is 0 Å². The third-order valence-electron chi connectivity index (χ3n) is 4.73. The van der Waals surface area contributed by atoms with Crippen LogP contribution < -0.4 is 10.6 Å². The summed E-state index contributed by atoms with van der Waals surface area (Å²) in [6.45, 7) is 1.49. The Labute approximate surface area is 141 Å². The van der Waals surface area contributed by atoms with Crippen molar-refractivity contribution < 1.29 is 24.3 Å². The van der Waals surface area contributed by atoms with Gasteiger partial charge in [0.15, 0.2) is 0 Å². The first kappa shape index (κ1) is 18.2. The van der Waals surface area contributed by atoms with Gasteiger partial charge in [0.05, 0.1) is 0 Å². The quantitative estimate of drug-likeness (QED) is 0.598. The minimum Gasteiger partial charge on any atom is -0.480 e. The zero-order valence-corrected chi connectivity index (χ0v) is 14.0. The summed E-state index contributed by atoms with van der Waals surface area (Å²) in [5.74, 6) is -2.12. The molecule has 134 valence electrons. The van der Waals surface area contributed by atoms with Gasteiger partial charge in [-0.25, -0.2) is 9.59 Å². The summed E-state index contributed by atoms with van der Waals surface area (Å²) >= 11 is 0. The van der Waals surface area contributed by atoms with Crippen LogP contribution in [0.1, 0.15) is 58.3 Å². The van der Waals surface area contributed by atoms with Crippen molar-refractivity contribution >= 4 is 23.8 Å². The molecule has 1 aliphatic carbocycles. The second-order valence-corrected chi connectivity index (χ2v) is 6.56. The Bertz CT molecular complexity index is 528. The van der Waals surface area contributed by atoms with Gasteiger partial charge in [0.2, 0.25) is 5.91 Å². The molecule has 8 nitrogen and oxygen atoms in total. The number of nitrogens with zero attached hydrogens (tertiary/aromatic N) is 1. The van der Waals surface area contributed by atoms with Crippen molar-refractivity contribution in [1.29, 1.82) is 0 Å². The molecule has 4 amide bonds. The van der Waals surface area contributed by atoms with Gasteiger partial charge in [-0.2, -0.15) is 0 Å². The van der Waals surface area contributed by atoms with Gasteiger partial charge < -0.3 is 15.7 Å². The molecule has 2 fully saturated rings. The maximum Gasteiger partial charge on any atom is 0.326 e. The van der Waals surface area contributed by atoms with E-state index in [4.69, 9.17) is 5.11 Å². The summed E-state index contributed by atoms with van der Waals surface area (Å²) in [6, 6.07) is -1.57. The molecule has 0 aromatic carbocycles. The molecule has 1 aliphatic heterocycles. The molecule has 1 atom stereocenters. The molecular weight excluding hydrogens is 314 g/mol. The number of hydrogen-bond donors (Lipinski definition) is 3. The SMILES string of the molecule is CCCC[C@H](NC(=O)CN1C(=O)NC2(CCCCC2)C1=O)C(=O)O. The van der Waals surface area contributed by atoms with E-state index in [9.17, 15) is 19.2 Å². The Morgan fingerprint density at radius 3 is 2.54 bits per heavy atom. The smallest absolute Gasteiger partial charge is 0.326 e. The van der Waals surface area contributed by atoms with E-state index in [-0.39, 0.29) is 5.91 Å². The van der Waals surface area contributed by atoms with E-state index >= 15 is 0 Å². The first-order chi connectivity index (χ1) is 11.4. The van der Waals surface area contributed by atoms with Crippen molar-refractivity contribution in [2.24, 2.45) is 0 Å². The molecule has 2 aliphatic rings. The molecular formula is C16H25N3O5. The molecule has 1 saturated heterocycles. The maximum absolute atomic E-state index is 12.6. The molecule has 0 unspecified atom stereocenters. The average molecular weight is 339 g/mol. The number of amides is 4. The highest BCUT2D eigenvalue weighted by atomic mass is 16.4. The summed E-state index contributed by atoms with van der Waals surface area (Å²) in [7, 11) is 0. The van der Waals surface area contributed by atoms with E-state index in [1.165, 1.54) is 0 Å². The Balaban J connectivity index is 1.96. The van der Waals surface area contributed by atoms with Gasteiger partial charge in [-0.3, -0.25) is 14.5 Å². The third kappa shape index (κ3) is 3.85. The van der Waals surface area contributed by atoms with Crippen LogP contribution in [0.4, 0.5) is 4.79 Å². The number of imide groups is 1. The highest BCUT2D eigenvalue weighted by Gasteiger charge is 2.51. The van der Waals surface area contributed by atoms with Crippen LogP contribution in [0, 0.1) is 0 Å². The van der Waals surface area contributed by atoms with Gasteiger partial charge in [-0.1, -0.05) is 39.0 Å². The standard InChI is InChI=1S/C16H25N3O5/c1-2-3-7-11(13(21)22)17-12(20)10-19-14(23)16(18-15(19)24)8-5-4-6-9-16/h11H,2-10H2,1H3,(H,17,20)(H,18,24)(H,21,22)/t11-/m0/s1. The van der Waals surface area contributed by atoms with Gasteiger partial charge >= 0.3 is 12.0 Å². The molecule has 0 radical (unpaired) electrons. The highest BCUT2D eigenvalue weighted by molar-refractivity contribution is 6.09. The predicted octanol–water partition coefficient (Wildman–Crippen LogP) is 1.00. The largest absolute Gasteiger partial charge is 0.480 e. The number of unbranched alkanes of at least 4 members (excludes halogenated alkanes) is 1. The lowest BCUT2D eigenvalue weighted by Gasteiger charge is -2.30. The van der Waals surface area contributed by atoms with E-state index in [1.54, 1.807) is 0 Å². The molecule has 24 heavy (non-hydrogen) atoms. The number of carboxylic acids is 1. The van der Waals surface area contributed by atoms with Crippen LogP contribution >= 0.6 is 0 Å². The van der Waals surface area contributed by atoms with E-state index in [2.05, 4.69) is 10.6 Å². The fraction of sp³-hybridized carbons (Fsp3) is 0.750. The Morgan fingerprint density at radius 1 is 1.29 bits per heavy atom. The summed E-state index contributed by atoms with van der Waals surface area (Å²) in [5, 5.41) is 14.3. The Hall–Kier alpha value is -2.12. The molecule has 1 spiro atoms. The lowest BCUT2D eigenvalue weighted by molar-refractivity contribution is -0.142. The number of hydrogen-bond acceptors (Lipinski definition) is 4. The molecule has 2 rings (SSSR count). The van der Waals surface area contributed by atoms with Crippen molar-refractivity contribution in [2.45, 2.75) is 69.9 Å². The second kappa shape index (κ2) is 7.63. The minimum atomic E-state index is -1.11. The first-order valence-electron chi connectivity index (χ1n) is 8.56. The van der Waals surface area contributed by atoms with E-state index in [1.807, 2.05) is 6.92 Å². The van der Waals surface area contributed by atoms with E-state index in [0.717, 1.165) is 30.6 Å². The highest BCUT2D eigenvalue weighted by Crippen LogP contribution is 2.33. The van der Waals surface area contributed by atoms with Gasteiger partial charge in [0.1, 0.15) is 18.1 Å². The second-order valence-electron chi connectivity index (χ2n) is 6.56. The van der Waals surface area contributed by atoms with Crippen LogP contribution in [0.5, 0.6) is 0 Å². The van der Waals surface area contributed by atoms with Crippen molar-refractivity contribution in [3.05, 3.63) is 0 Å². The normalized spacial score (nSPS) is 20.8. The molecule has 1 saturated carbocycles. The molecule has 0 bridgehead atoms. The first-order valence-corrected chi connectivity index (χ1v) is 8.56. The summed E-state index contributed by atoms with van der Waals surface area (Å²) in [5.41, 5.74) is -0.871. The van der Waals surface area contributed by atoms with Crippen molar-refractivity contribution in [3.8, 4) is 0 Å². The van der Waals surface area contributed by atoms with Gasteiger partial charge in [-0.05, 0) is 19.3 Å². The van der Waals surface area contributed by atoms with Crippen molar-refractivity contribution in [2.75, 3.05) is 6.54 Å². The van der Waals surface area contributed by atoms with Crippen LogP contribution in [0.3, 0.4) is 0 Å². The Kier molecular flexibility index (Phi) is 5.80. The van der Waals surface area contributed by atoms with E-state index in [0.29, 0.717) is 25.7 Å².